The van der Waals surface area contributed by atoms with Gasteiger partial charge in [0.1, 0.15) is 0 Å². The van der Waals surface area contributed by atoms with Crippen molar-refractivity contribution >= 4 is 11.9 Å². The zero-order chi connectivity index (χ0) is 21.6. The zero-order valence-corrected chi connectivity index (χ0v) is 17.3. The van der Waals surface area contributed by atoms with E-state index < -0.39 is 12.7 Å². The minimum Gasteiger partial charge on any atom is -0.357 e. The molecule has 0 spiro atoms. The highest BCUT2D eigenvalue weighted by molar-refractivity contribution is 5.80. The van der Waals surface area contributed by atoms with Crippen LogP contribution in [0.4, 0.5) is 13.2 Å². The monoisotopic (exact) mass is 425 g/mol. The summed E-state index contributed by atoms with van der Waals surface area (Å²) in [7, 11) is 0. The van der Waals surface area contributed by atoms with Crippen molar-refractivity contribution in [1.29, 1.82) is 0 Å². The summed E-state index contributed by atoms with van der Waals surface area (Å²) >= 11 is 0. The highest BCUT2D eigenvalue weighted by atomic mass is 19.4. The number of nitrogens with one attached hydrogen (secondary N) is 2. The van der Waals surface area contributed by atoms with Crippen molar-refractivity contribution in [2.75, 3.05) is 32.7 Å². The molecule has 1 aromatic rings. The molecule has 0 aliphatic carbocycles. The van der Waals surface area contributed by atoms with Crippen LogP contribution in [0.3, 0.4) is 0 Å². The standard InChI is InChI=1S/C21H30F3N5O/c1-2-25-20(27-18-9-11-28(14-18)15-21(22,23)24)26-12-16-6-3-4-7-17(16)13-29-10-5-8-19(29)30/h3-4,6-7,18H,2,5,8-15H2,1H3,(H2,25,26,27). The summed E-state index contributed by atoms with van der Waals surface area (Å²) in [6.07, 6.45) is -2.01. The van der Waals surface area contributed by atoms with Crippen LogP contribution in [-0.4, -0.2) is 66.6 Å². The Hall–Kier alpha value is -2.29. The van der Waals surface area contributed by atoms with E-state index in [1.807, 2.05) is 36.1 Å². The second-order valence-corrected chi connectivity index (χ2v) is 7.86. The summed E-state index contributed by atoms with van der Waals surface area (Å²) in [5, 5.41) is 6.44. The average Bonchev–Trinajstić information content (AvgIpc) is 3.28. The van der Waals surface area contributed by atoms with Crippen molar-refractivity contribution in [2.45, 2.75) is 51.5 Å². The lowest BCUT2D eigenvalue weighted by atomic mass is 10.1. The van der Waals surface area contributed by atoms with Gasteiger partial charge in [-0.25, -0.2) is 4.99 Å². The van der Waals surface area contributed by atoms with Crippen molar-refractivity contribution in [3.05, 3.63) is 35.4 Å². The number of nitrogens with zero attached hydrogens (tertiary/aromatic N) is 3. The lowest BCUT2D eigenvalue weighted by Gasteiger charge is -2.20. The van der Waals surface area contributed by atoms with Gasteiger partial charge < -0.3 is 15.5 Å². The first-order valence-electron chi connectivity index (χ1n) is 10.5. The van der Waals surface area contributed by atoms with E-state index in [0.717, 1.165) is 24.1 Å². The van der Waals surface area contributed by atoms with E-state index in [0.29, 0.717) is 51.5 Å². The number of rotatable bonds is 7. The Labute approximate surface area is 175 Å². The van der Waals surface area contributed by atoms with Gasteiger partial charge in [0.25, 0.3) is 0 Å². The molecule has 166 valence electrons. The van der Waals surface area contributed by atoms with Crippen molar-refractivity contribution in [2.24, 2.45) is 4.99 Å². The first-order chi connectivity index (χ1) is 14.3. The quantitative estimate of drug-likeness (QED) is 0.521. The molecule has 2 fully saturated rings. The molecule has 2 heterocycles. The van der Waals surface area contributed by atoms with Crippen LogP contribution in [0.25, 0.3) is 0 Å². The lowest BCUT2D eigenvalue weighted by Crippen LogP contribution is -2.45. The molecule has 2 aliphatic rings. The predicted octanol–water partition coefficient (Wildman–Crippen LogP) is 2.50. The molecule has 1 amide bonds. The van der Waals surface area contributed by atoms with Gasteiger partial charge in [-0.2, -0.15) is 13.2 Å². The number of hydrogen-bond acceptors (Lipinski definition) is 3. The molecule has 1 aromatic carbocycles. The Morgan fingerprint density at radius 3 is 2.67 bits per heavy atom. The van der Waals surface area contributed by atoms with Gasteiger partial charge >= 0.3 is 6.18 Å². The third-order valence-electron chi connectivity index (χ3n) is 5.42. The topological polar surface area (TPSA) is 60.0 Å². The third kappa shape index (κ3) is 6.62. The first-order valence-corrected chi connectivity index (χ1v) is 10.5. The number of carbonyl (C=O) groups excluding carboxylic acids is 1. The number of benzene rings is 1. The van der Waals surface area contributed by atoms with E-state index in [1.54, 1.807) is 0 Å². The molecule has 0 aromatic heterocycles. The second-order valence-electron chi connectivity index (χ2n) is 7.86. The molecule has 0 bridgehead atoms. The fraction of sp³-hybridized carbons (Fsp3) is 0.619. The fourth-order valence-corrected chi connectivity index (χ4v) is 3.97. The lowest BCUT2D eigenvalue weighted by molar-refractivity contribution is -0.143. The Balaban J connectivity index is 1.60. The SMILES string of the molecule is CCNC(=NCc1ccccc1CN1CCCC1=O)NC1CCN(CC(F)(F)F)C1. The highest BCUT2D eigenvalue weighted by Crippen LogP contribution is 2.20. The molecule has 30 heavy (non-hydrogen) atoms. The van der Waals surface area contributed by atoms with E-state index in [2.05, 4.69) is 15.6 Å². The molecule has 0 radical (unpaired) electrons. The Morgan fingerprint density at radius 1 is 1.23 bits per heavy atom. The van der Waals surface area contributed by atoms with Crippen molar-refractivity contribution in [1.82, 2.24) is 20.4 Å². The number of alkyl halides is 3. The van der Waals surface area contributed by atoms with Crippen LogP contribution in [0.15, 0.2) is 29.3 Å². The van der Waals surface area contributed by atoms with Crippen LogP contribution in [0.5, 0.6) is 0 Å². The highest BCUT2D eigenvalue weighted by Gasteiger charge is 2.34. The van der Waals surface area contributed by atoms with Crippen LogP contribution in [0, 0.1) is 0 Å². The minimum atomic E-state index is -4.17. The van der Waals surface area contributed by atoms with E-state index in [9.17, 15) is 18.0 Å². The van der Waals surface area contributed by atoms with E-state index >= 15 is 0 Å². The van der Waals surface area contributed by atoms with E-state index in [1.165, 1.54) is 4.90 Å². The van der Waals surface area contributed by atoms with Gasteiger partial charge in [0.15, 0.2) is 5.96 Å². The predicted molar refractivity (Wildman–Crippen MR) is 110 cm³/mol. The number of aliphatic imine (C=N–C) groups is 1. The van der Waals surface area contributed by atoms with Crippen molar-refractivity contribution in [3.63, 3.8) is 0 Å². The summed E-state index contributed by atoms with van der Waals surface area (Å²) < 4.78 is 37.8. The molecular formula is C21H30F3N5O. The van der Waals surface area contributed by atoms with Crippen LogP contribution in [0.1, 0.15) is 37.3 Å². The van der Waals surface area contributed by atoms with Gasteiger partial charge in [-0.05, 0) is 30.9 Å². The largest absolute Gasteiger partial charge is 0.401 e. The maximum absolute atomic E-state index is 12.6. The van der Waals surface area contributed by atoms with Gasteiger partial charge in [-0.3, -0.25) is 9.69 Å². The zero-order valence-electron chi connectivity index (χ0n) is 17.3. The Bertz CT molecular complexity index is 752. The first kappa shape index (κ1) is 22.4. The molecule has 9 heteroatoms. The minimum absolute atomic E-state index is 0.0670. The van der Waals surface area contributed by atoms with Crippen LogP contribution >= 0.6 is 0 Å². The number of amides is 1. The Kier molecular flexibility index (Phi) is 7.58. The van der Waals surface area contributed by atoms with E-state index in [4.69, 9.17) is 0 Å². The van der Waals surface area contributed by atoms with Crippen LogP contribution in [-0.2, 0) is 17.9 Å². The fourth-order valence-electron chi connectivity index (χ4n) is 3.97. The summed E-state index contributed by atoms with van der Waals surface area (Å²) in [4.78, 5) is 19.9. The molecule has 2 N–H and O–H groups in total. The Morgan fingerprint density at radius 2 is 2.00 bits per heavy atom. The maximum atomic E-state index is 12.6. The maximum Gasteiger partial charge on any atom is 0.401 e. The molecule has 3 rings (SSSR count). The van der Waals surface area contributed by atoms with Gasteiger partial charge in [-0.1, -0.05) is 24.3 Å². The van der Waals surface area contributed by atoms with E-state index in [-0.39, 0.29) is 11.9 Å². The van der Waals surface area contributed by atoms with Crippen molar-refractivity contribution < 1.29 is 18.0 Å². The number of hydrogen-bond donors (Lipinski definition) is 2. The molecular weight excluding hydrogens is 395 g/mol. The normalized spacial score (nSPS) is 20.8. The summed E-state index contributed by atoms with van der Waals surface area (Å²) in [6.45, 7) is 4.32. The molecule has 0 saturated carbocycles. The summed E-state index contributed by atoms with van der Waals surface area (Å²) in [6, 6.07) is 7.86. The van der Waals surface area contributed by atoms with Gasteiger partial charge in [-0.15, -0.1) is 0 Å². The molecule has 1 atom stereocenters. The summed E-state index contributed by atoms with van der Waals surface area (Å²) in [5.74, 6) is 0.788. The number of halogens is 3. The molecule has 6 nitrogen and oxygen atoms in total. The van der Waals surface area contributed by atoms with Gasteiger partial charge in [0.05, 0.1) is 13.1 Å². The average molecular weight is 425 g/mol. The van der Waals surface area contributed by atoms with Crippen molar-refractivity contribution in [3.8, 4) is 0 Å². The smallest absolute Gasteiger partial charge is 0.357 e. The second kappa shape index (κ2) is 10.1. The molecule has 1 unspecified atom stereocenters. The number of likely N-dealkylation sites (tertiary alicyclic amines) is 2. The molecule has 2 aliphatic heterocycles. The summed E-state index contributed by atoms with van der Waals surface area (Å²) in [5.41, 5.74) is 2.11. The number of carbonyl (C=O) groups is 1. The van der Waals surface area contributed by atoms with Gasteiger partial charge in [0, 0.05) is 45.2 Å². The van der Waals surface area contributed by atoms with Gasteiger partial charge in [0.2, 0.25) is 5.91 Å². The van der Waals surface area contributed by atoms with Crippen LogP contribution < -0.4 is 10.6 Å². The third-order valence-corrected chi connectivity index (χ3v) is 5.42. The number of guanidine groups is 1. The van der Waals surface area contributed by atoms with Crippen LogP contribution in [0.2, 0.25) is 0 Å². The molecule has 2 saturated heterocycles.